The van der Waals surface area contributed by atoms with Crippen LogP contribution in [0.4, 0.5) is 26.3 Å². The van der Waals surface area contributed by atoms with Gasteiger partial charge >= 0.3 is 12.4 Å². The largest absolute Gasteiger partial charge is 0.426 e. The lowest BCUT2D eigenvalue weighted by atomic mass is 9.61. The molecule has 0 radical (unpaired) electrons. The molecule has 0 aromatic heterocycles. The van der Waals surface area contributed by atoms with Gasteiger partial charge < -0.3 is 10.2 Å². The van der Waals surface area contributed by atoms with Gasteiger partial charge in [-0.25, -0.2) is 0 Å². The first-order chi connectivity index (χ1) is 11.7. The van der Waals surface area contributed by atoms with E-state index in [9.17, 15) is 36.6 Å². The Morgan fingerprint density at radius 1 is 1.04 bits per heavy atom. The first kappa shape index (κ1) is 21.8. The van der Waals surface area contributed by atoms with E-state index in [-0.39, 0.29) is 42.1 Å². The number of fused-ring (bicyclic) bond motifs is 1. The summed E-state index contributed by atoms with van der Waals surface area (Å²) in [5, 5.41) is 19.5. The minimum absolute atomic E-state index is 0.0546. The highest BCUT2D eigenvalue weighted by Gasteiger charge is 2.69. The third-order valence-electron chi connectivity index (χ3n) is 6.99. The van der Waals surface area contributed by atoms with Gasteiger partial charge in [0.1, 0.15) is 0 Å². The van der Waals surface area contributed by atoms with Crippen molar-refractivity contribution in [2.24, 2.45) is 23.2 Å². The van der Waals surface area contributed by atoms with Crippen LogP contribution < -0.4 is 0 Å². The van der Waals surface area contributed by atoms with E-state index in [1.807, 2.05) is 6.92 Å². The second-order valence-corrected chi connectivity index (χ2v) is 8.48. The SMILES string of the molecule is C[C@@H](CCCC(O)(C(F)(F)F)C(F)(F)F)[C@H]1CC[C@H]2[C@@H](O)CCC[C@]12C. The van der Waals surface area contributed by atoms with Crippen molar-refractivity contribution in [2.75, 3.05) is 0 Å². The molecular weight excluding hydrogens is 362 g/mol. The molecule has 2 nitrogen and oxygen atoms in total. The van der Waals surface area contributed by atoms with Crippen molar-refractivity contribution < 1.29 is 36.6 Å². The summed E-state index contributed by atoms with van der Waals surface area (Å²) in [6, 6.07) is 0. The second kappa shape index (κ2) is 7.15. The number of hydrogen-bond acceptors (Lipinski definition) is 2. The van der Waals surface area contributed by atoms with Crippen LogP contribution in [0.1, 0.15) is 65.2 Å². The highest BCUT2D eigenvalue weighted by molar-refractivity contribution is 5.02. The summed E-state index contributed by atoms with van der Waals surface area (Å²) in [7, 11) is 0. The summed E-state index contributed by atoms with van der Waals surface area (Å²) in [5.41, 5.74) is -4.76. The Kier molecular flexibility index (Phi) is 5.99. The van der Waals surface area contributed by atoms with Gasteiger partial charge in [0.05, 0.1) is 6.10 Å². The molecule has 0 saturated heterocycles. The van der Waals surface area contributed by atoms with E-state index in [2.05, 4.69) is 6.92 Å². The summed E-state index contributed by atoms with van der Waals surface area (Å²) >= 11 is 0. The maximum atomic E-state index is 12.8. The molecule has 2 aliphatic rings. The van der Waals surface area contributed by atoms with Gasteiger partial charge in [-0.05, 0) is 61.7 Å². The lowest BCUT2D eigenvalue weighted by molar-refractivity contribution is -0.370. The molecule has 0 amide bonds. The highest BCUT2D eigenvalue weighted by atomic mass is 19.4. The fourth-order valence-corrected chi connectivity index (χ4v) is 5.45. The van der Waals surface area contributed by atoms with Crippen molar-refractivity contribution in [2.45, 2.75) is 89.3 Å². The molecule has 154 valence electrons. The van der Waals surface area contributed by atoms with Gasteiger partial charge in [-0.3, -0.25) is 0 Å². The van der Waals surface area contributed by atoms with E-state index in [4.69, 9.17) is 0 Å². The molecular formula is C18H28F6O2. The summed E-state index contributed by atoms with van der Waals surface area (Å²) in [6.07, 6.45) is -9.13. The molecule has 0 aromatic carbocycles. The van der Waals surface area contributed by atoms with Gasteiger partial charge in [-0.1, -0.05) is 26.7 Å². The third-order valence-corrected chi connectivity index (χ3v) is 6.99. The van der Waals surface area contributed by atoms with Crippen LogP contribution in [0.5, 0.6) is 0 Å². The third kappa shape index (κ3) is 3.73. The quantitative estimate of drug-likeness (QED) is 0.632. The van der Waals surface area contributed by atoms with Crippen LogP contribution in [0.2, 0.25) is 0 Å². The molecule has 2 rings (SSSR count). The Hall–Kier alpha value is -0.500. The van der Waals surface area contributed by atoms with Crippen LogP contribution in [-0.2, 0) is 0 Å². The van der Waals surface area contributed by atoms with Gasteiger partial charge in [0, 0.05) is 0 Å². The maximum Gasteiger partial charge on any atom is 0.426 e. The van der Waals surface area contributed by atoms with Crippen molar-refractivity contribution in [1.29, 1.82) is 0 Å². The molecule has 2 aliphatic carbocycles. The lowest BCUT2D eigenvalue weighted by Gasteiger charge is -2.45. The Balaban J connectivity index is 1.99. The number of aliphatic hydroxyl groups excluding tert-OH is 1. The van der Waals surface area contributed by atoms with Crippen molar-refractivity contribution in [3.63, 3.8) is 0 Å². The van der Waals surface area contributed by atoms with E-state index in [1.165, 1.54) is 0 Å². The number of halogens is 6. The van der Waals surface area contributed by atoms with Crippen LogP contribution in [0.3, 0.4) is 0 Å². The fourth-order valence-electron chi connectivity index (χ4n) is 5.45. The van der Waals surface area contributed by atoms with E-state index in [0.29, 0.717) is 0 Å². The average molecular weight is 390 g/mol. The predicted octanol–water partition coefficient (Wildman–Crippen LogP) is 5.23. The standard InChI is InChI=1S/C18H28F6O2/c1-11(5-3-10-16(26,17(19,20)21)18(22,23)24)12-7-8-13-14(25)6-4-9-15(12,13)2/h11-14,25-26H,3-10H2,1-2H3/t11-,12+,13-,14-,15+/m0/s1. The van der Waals surface area contributed by atoms with Crippen LogP contribution in [0, 0.1) is 23.2 Å². The minimum atomic E-state index is -5.74. The van der Waals surface area contributed by atoms with E-state index in [1.54, 1.807) is 0 Å². The average Bonchev–Trinajstić information content (AvgIpc) is 2.83. The summed E-state index contributed by atoms with van der Waals surface area (Å²) in [5.74, 6) is 0.277. The molecule has 0 spiro atoms. The van der Waals surface area contributed by atoms with Crippen LogP contribution in [0.15, 0.2) is 0 Å². The first-order valence-corrected chi connectivity index (χ1v) is 9.28. The number of rotatable bonds is 5. The highest BCUT2D eigenvalue weighted by Crippen LogP contribution is 2.58. The van der Waals surface area contributed by atoms with Crippen molar-refractivity contribution in [3.05, 3.63) is 0 Å². The summed E-state index contributed by atoms with van der Waals surface area (Å²) in [4.78, 5) is 0. The lowest BCUT2D eigenvalue weighted by Crippen LogP contribution is -2.56. The smallest absolute Gasteiger partial charge is 0.393 e. The monoisotopic (exact) mass is 390 g/mol. The zero-order valence-electron chi connectivity index (χ0n) is 15.1. The molecule has 2 N–H and O–H groups in total. The van der Waals surface area contributed by atoms with E-state index < -0.39 is 24.4 Å². The van der Waals surface area contributed by atoms with Crippen LogP contribution >= 0.6 is 0 Å². The molecule has 0 aromatic rings. The maximum absolute atomic E-state index is 12.8. The number of alkyl halides is 6. The predicted molar refractivity (Wildman–Crippen MR) is 84.3 cm³/mol. The topological polar surface area (TPSA) is 40.5 Å². The van der Waals surface area contributed by atoms with Crippen LogP contribution in [-0.4, -0.2) is 34.3 Å². The molecule has 8 heteroatoms. The fraction of sp³-hybridized carbons (Fsp3) is 1.00. The Morgan fingerprint density at radius 2 is 1.62 bits per heavy atom. The van der Waals surface area contributed by atoms with Gasteiger partial charge in [0.25, 0.3) is 5.60 Å². The number of hydrogen-bond donors (Lipinski definition) is 2. The second-order valence-electron chi connectivity index (χ2n) is 8.48. The Labute approximate surface area is 150 Å². The van der Waals surface area contributed by atoms with Crippen LogP contribution in [0.25, 0.3) is 0 Å². The zero-order valence-corrected chi connectivity index (χ0v) is 15.1. The molecule has 0 aliphatic heterocycles. The molecule has 26 heavy (non-hydrogen) atoms. The van der Waals surface area contributed by atoms with E-state index >= 15 is 0 Å². The first-order valence-electron chi connectivity index (χ1n) is 9.28. The van der Waals surface area contributed by atoms with Gasteiger partial charge in [0.2, 0.25) is 0 Å². The Morgan fingerprint density at radius 3 is 2.15 bits per heavy atom. The number of aliphatic hydroxyl groups is 2. The van der Waals surface area contributed by atoms with Gasteiger partial charge in [-0.2, -0.15) is 26.3 Å². The summed E-state index contributed by atoms with van der Waals surface area (Å²) < 4.78 is 76.5. The molecule has 0 bridgehead atoms. The van der Waals surface area contributed by atoms with Crippen molar-refractivity contribution in [1.82, 2.24) is 0 Å². The van der Waals surface area contributed by atoms with Crippen molar-refractivity contribution in [3.8, 4) is 0 Å². The molecule has 5 atom stereocenters. The molecule has 0 unspecified atom stereocenters. The Bertz CT molecular complexity index is 475. The van der Waals surface area contributed by atoms with E-state index in [0.717, 1.165) is 32.1 Å². The normalized spacial score (nSPS) is 34.6. The molecule has 2 fully saturated rings. The molecule has 0 heterocycles. The van der Waals surface area contributed by atoms with Gasteiger partial charge in [-0.15, -0.1) is 0 Å². The zero-order chi connectivity index (χ0) is 20.0. The summed E-state index contributed by atoms with van der Waals surface area (Å²) in [6.45, 7) is 3.95. The van der Waals surface area contributed by atoms with Gasteiger partial charge in [0.15, 0.2) is 0 Å². The molecule has 2 saturated carbocycles. The minimum Gasteiger partial charge on any atom is -0.393 e. The van der Waals surface area contributed by atoms with Crippen molar-refractivity contribution >= 4 is 0 Å².